The Kier molecular flexibility index (Phi) is 3.08. The van der Waals surface area contributed by atoms with Gasteiger partial charge in [-0.3, -0.25) is 4.79 Å². The summed E-state index contributed by atoms with van der Waals surface area (Å²) in [5.74, 6) is -0.402. The quantitative estimate of drug-likeness (QED) is 0.642. The Morgan fingerprint density at radius 1 is 1.62 bits per heavy atom. The Labute approximate surface area is 77.9 Å². The number of rotatable bonds is 3. The Hall–Kier alpha value is -0.840. The van der Waals surface area contributed by atoms with Gasteiger partial charge in [-0.2, -0.15) is 0 Å². The molecule has 0 unspecified atom stereocenters. The van der Waals surface area contributed by atoms with Crippen LogP contribution < -0.4 is 5.32 Å². The van der Waals surface area contributed by atoms with Crippen LogP contribution >= 0.6 is 0 Å². The van der Waals surface area contributed by atoms with Gasteiger partial charge < -0.3 is 5.32 Å². The van der Waals surface area contributed by atoms with E-state index in [1.807, 2.05) is 0 Å². The van der Waals surface area contributed by atoms with Gasteiger partial charge in [0, 0.05) is 6.54 Å². The van der Waals surface area contributed by atoms with E-state index in [4.69, 9.17) is 0 Å². The van der Waals surface area contributed by atoms with Gasteiger partial charge in [0.05, 0.1) is 17.4 Å². The molecule has 1 heterocycles. The van der Waals surface area contributed by atoms with Crippen molar-refractivity contribution in [3.63, 3.8) is 0 Å². The topological polar surface area (TPSA) is 63.2 Å². The predicted molar refractivity (Wildman–Crippen MR) is 50.0 cm³/mol. The van der Waals surface area contributed by atoms with E-state index in [1.165, 1.54) is 0 Å². The normalized spacial score (nSPS) is 25.4. The largest absolute Gasteiger partial charge is 0.352 e. The average Bonchev–Trinajstić information content (AvgIpc) is 2.42. The summed E-state index contributed by atoms with van der Waals surface area (Å²) in [7, 11) is -2.95. The van der Waals surface area contributed by atoms with Crippen LogP contribution in [0.5, 0.6) is 0 Å². The maximum Gasteiger partial charge on any atom is 0.224 e. The summed E-state index contributed by atoms with van der Waals surface area (Å²) in [4.78, 5) is 11.3. The lowest BCUT2D eigenvalue weighted by Crippen LogP contribution is -2.31. The fraction of sp³-hybridized carbons (Fsp3) is 0.625. The van der Waals surface area contributed by atoms with Gasteiger partial charge >= 0.3 is 0 Å². The highest BCUT2D eigenvalue weighted by atomic mass is 32.2. The molecule has 5 heteroatoms. The van der Waals surface area contributed by atoms with Crippen molar-refractivity contribution >= 4 is 15.7 Å². The van der Waals surface area contributed by atoms with Crippen LogP contribution in [0.25, 0.3) is 0 Å². The Balaban J connectivity index is 2.47. The maximum atomic E-state index is 11.3. The minimum absolute atomic E-state index is 0.00399. The van der Waals surface area contributed by atoms with Crippen LogP contribution in [0.2, 0.25) is 0 Å². The van der Waals surface area contributed by atoms with Crippen molar-refractivity contribution in [1.29, 1.82) is 0 Å². The standard InChI is InChI=1S/C8H13NO3S/c1-2-4-9-8(10)7-3-5-13(11,12)6-7/h2,7H,1,3-6H2,(H,9,10)/t7-/m1/s1. The van der Waals surface area contributed by atoms with Crippen LogP contribution in [0.4, 0.5) is 0 Å². The number of sulfone groups is 1. The lowest BCUT2D eigenvalue weighted by Gasteiger charge is -2.06. The molecule has 0 aromatic heterocycles. The van der Waals surface area contributed by atoms with E-state index in [-0.39, 0.29) is 23.3 Å². The van der Waals surface area contributed by atoms with Gasteiger partial charge in [0.15, 0.2) is 9.84 Å². The molecule has 0 aromatic rings. The van der Waals surface area contributed by atoms with Crippen molar-refractivity contribution in [2.45, 2.75) is 6.42 Å². The van der Waals surface area contributed by atoms with Crippen LogP contribution in [0, 0.1) is 5.92 Å². The number of carbonyl (C=O) groups excluding carboxylic acids is 1. The molecule has 0 radical (unpaired) electrons. The van der Waals surface area contributed by atoms with Gasteiger partial charge in [-0.15, -0.1) is 6.58 Å². The first-order valence-electron chi connectivity index (χ1n) is 4.14. The SMILES string of the molecule is C=CCNC(=O)[C@@H]1CCS(=O)(=O)C1. The molecule has 1 atom stereocenters. The van der Waals surface area contributed by atoms with Crippen LogP contribution in [-0.2, 0) is 14.6 Å². The molecule has 13 heavy (non-hydrogen) atoms. The molecule has 1 rings (SSSR count). The summed E-state index contributed by atoms with van der Waals surface area (Å²) in [5, 5.41) is 2.59. The van der Waals surface area contributed by atoms with Crippen molar-refractivity contribution in [1.82, 2.24) is 5.32 Å². The van der Waals surface area contributed by atoms with Gasteiger partial charge in [-0.05, 0) is 6.42 Å². The zero-order chi connectivity index (χ0) is 9.90. The van der Waals surface area contributed by atoms with Crippen LogP contribution in [-0.4, -0.2) is 32.4 Å². The van der Waals surface area contributed by atoms with Gasteiger partial charge in [0.1, 0.15) is 0 Å². The van der Waals surface area contributed by atoms with E-state index in [9.17, 15) is 13.2 Å². The summed E-state index contributed by atoms with van der Waals surface area (Å²) in [6.45, 7) is 3.85. The molecule has 0 aromatic carbocycles. The molecule has 4 nitrogen and oxygen atoms in total. The zero-order valence-corrected chi connectivity index (χ0v) is 8.14. The molecule has 0 spiro atoms. The molecular formula is C8H13NO3S. The third-order valence-electron chi connectivity index (χ3n) is 2.02. The minimum atomic E-state index is -2.95. The summed E-state index contributed by atoms with van der Waals surface area (Å²) < 4.78 is 22.0. The number of carbonyl (C=O) groups is 1. The fourth-order valence-electron chi connectivity index (χ4n) is 1.32. The Bertz CT molecular complexity index is 307. The van der Waals surface area contributed by atoms with Crippen molar-refractivity contribution in [2.75, 3.05) is 18.1 Å². The van der Waals surface area contributed by atoms with E-state index in [1.54, 1.807) is 6.08 Å². The molecule has 1 aliphatic rings. The van der Waals surface area contributed by atoms with E-state index >= 15 is 0 Å². The second kappa shape index (κ2) is 3.91. The maximum absolute atomic E-state index is 11.3. The highest BCUT2D eigenvalue weighted by Crippen LogP contribution is 2.18. The Morgan fingerprint density at radius 3 is 2.77 bits per heavy atom. The van der Waals surface area contributed by atoms with E-state index < -0.39 is 9.84 Å². The second-order valence-electron chi connectivity index (χ2n) is 3.13. The second-order valence-corrected chi connectivity index (χ2v) is 5.36. The molecular weight excluding hydrogens is 190 g/mol. The van der Waals surface area contributed by atoms with Crippen molar-refractivity contribution in [3.05, 3.63) is 12.7 Å². The minimum Gasteiger partial charge on any atom is -0.352 e. The van der Waals surface area contributed by atoms with Gasteiger partial charge in [0.2, 0.25) is 5.91 Å². The lowest BCUT2D eigenvalue weighted by molar-refractivity contribution is -0.124. The molecule has 1 N–H and O–H groups in total. The molecule has 0 aliphatic carbocycles. The predicted octanol–water partition coefficient (Wildman–Crippen LogP) is -0.277. The third kappa shape index (κ3) is 2.84. The smallest absolute Gasteiger partial charge is 0.224 e. The van der Waals surface area contributed by atoms with Gasteiger partial charge in [-0.25, -0.2) is 8.42 Å². The first-order chi connectivity index (χ1) is 6.05. The monoisotopic (exact) mass is 203 g/mol. The van der Waals surface area contributed by atoms with Gasteiger partial charge in [0.25, 0.3) is 0 Å². The van der Waals surface area contributed by atoms with Crippen LogP contribution in [0.3, 0.4) is 0 Å². The highest BCUT2D eigenvalue weighted by molar-refractivity contribution is 7.91. The molecule has 74 valence electrons. The summed E-state index contributed by atoms with van der Waals surface area (Å²) in [6.07, 6.45) is 2.02. The number of nitrogens with one attached hydrogen (secondary N) is 1. The van der Waals surface area contributed by atoms with Gasteiger partial charge in [-0.1, -0.05) is 6.08 Å². The molecule has 1 fully saturated rings. The van der Waals surface area contributed by atoms with E-state index in [0.717, 1.165) is 0 Å². The summed E-state index contributed by atoms with van der Waals surface area (Å²) in [6, 6.07) is 0. The third-order valence-corrected chi connectivity index (χ3v) is 3.79. The first-order valence-corrected chi connectivity index (χ1v) is 5.96. The zero-order valence-electron chi connectivity index (χ0n) is 7.32. The molecule has 1 saturated heterocycles. The fourth-order valence-corrected chi connectivity index (χ4v) is 3.06. The van der Waals surface area contributed by atoms with E-state index in [0.29, 0.717) is 13.0 Å². The molecule has 0 bridgehead atoms. The number of hydrogen-bond donors (Lipinski definition) is 1. The average molecular weight is 203 g/mol. The van der Waals surface area contributed by atoms with E-state index in [2.05, 4.69) is 11.9 Å². The Morgan fingerprint density at radius 2 is 2.31 bits per heavy atom. The van der Waals surface area contributed by atoms with Crippen LogP contribution in [0.1, 0.15) is 6.42 Å². The molecule has 1 aliphatic heterocycles. The number of amides is 1. The first kappa shape index (κ1) is 10.2. The molecule has 0 saturated carbocycles. The van der Waals surface area contributed by atoms with Crippen LogP contribution in [0.15, 0.2) is 12.7 Å². The van der Waals surface area contributed by atoms with Crippen molar-refractivity contribution in [2.24, 2.45) is 5.92 Å². The van der Waals surface area contributed by atoms with Crippen molar-refractivity contribution < 1.29 is 13.2 Å². The summed E-state index contributed by atoms with van der Waals surface area (Å²) >= 11 is 0. The van der Waals surface area contributed by atoms with Crippen molar-refractivity contribution in [3.8, 4) is 0 Å². The number of hydrogen-bond acceptors (Lipinski definition) is 3. The lowest BCUT2D eigenvalue weighted by atomic mass is 10.1. The summed E-state index contributed by atoms with van der Waals surface area (Å²) in [5.41, 5.74) is 0. The highest BCUT2D eigenvalue weighted by Gasteiger charge is 2.32. The molecule has 1 amide bonds.